The van der Waals surface area contributed by atoms with Crippen LogP contribution in [0.5, 0.6) is 0 Å². The summed E-state index contributed by atoms with van der Waals surface area (Å²) >= 11 is 20.2. The number of fused-ring (bicyclic) bond motifs is 1. The molecular formula is C15H9Cl3S. The average Bonchev–Trinajstić information content (AvgIpc) is 2.85. The molecule has 0 fully saturated rings. The lowest BCUT2D eigenvalue weighted by Crippen LogP contribution is -1.89. The summed E-state index contributed by atoms with van der Waals surface area (Å²) in [6, 6.07) is 15.9. The summed E-state index contributed by atoms with van der Waals surface area (Å²) in [5.41, 5.74) is 0.961. The Hall–Kier alpha value is -0.730. The molecule has 0 aliphatic rings. The highest BCUT2D eigenvalue weighted by Gasteiger charge is 2.15. The first-order valence-corrected chi connectivity index (χ1v) is 7.73. The first-order valence-electron chi connectivity index (χ1n) is 5.72. The first-order chi connectivity index (χ1) is 9.15. The van der Waals surface area contributed by atoms with Gasteiger partial charge >= 0.3 is 0 Å². The van der Waals surface area contributed by atoms with Gasteiger partial charge in [0, 0.05) is 9.58 Å². The van der Waals surface area contributed by atoms with E-state index in [0.29, 0.717) is 10.0 Å². The SMILES string of the molecule is Clc1ccc(C(Cl)c2cc3ccccc3s2)cc1Cl. The molecule has 1 atom stereocenters. The van der Waals surface area contributed by atoms with Gasteiger partial charge in [0.25, 0.3) is 0 Å². The van der Waals surface area contributed by atoms with Crippen LogP contribution in [0, 0.1) is 0 Å². The summed E-state index contributed by atoms with van der Waals surface area (Å²) in [6.07, 6.45) is 0. The minimum absolute atomic E-state index is 0.202. The van der Waals surface area contributed by atoms with Gasteiger partial charge in [0.2, 0.25) is 0 Å². The maximum atomic E-state index is 6.54. The number of halogens is 3. The summed E-state index contributed by atoms with van der Waals surface area (Å²) in [7, 11) is 0. The fourth-order valence-electron chi connectivity index (χ4n) is 1.96. The van der Waals surface area contributed by atoms with Crippen molar-refractivity contribution in [1.29, 1.82) is 0 Å². The molecule has 1 heterocycles. The summed E-state index contributed by atoms with van der Waals surface area (Å²) < 4.78 is 1.24. The van der Waals surface area contributed by atoms with Crippen LogP contribution in [0.15, 0.2) is 48.5 Å². The third-order valence-corrected chi connectivity index (χ3v) is 5.47. The Morgan fingerprint density at radius 1 is 0.895 bits per heavy atom. The smallest absolute Gasteiger partial charge is 0.0928 e. The normalized spacial score (nSPS) is 12.8. The van der Waals surface area contributed by atoms with Gasteiger partial charge in [0.05, 0.1) is 15.4 Å². The van der Waals surface area contributed by atoms with Crippen molar-refractivity contribution in [2.24, 2.45) is 0 Å². The second-order valence-electron chi connectivity index (χ2n) is 4.22. The van der Waals surface area contributed by atoms with Gasteiger partial charge < -0.3 is 0 Å². The Balaban J connectivity index is 2.02. The maximum absolute atomic E-state index is 6.54. The fraction of sp³-hybridized carbons (Fsp3) is 0.0667. The van der Waals surface area contributed by atoms with Gasteiger partial charge in [-0.1, -0.05) is 47.5 Å². The predicted molar refractivity (Wildman–Crippen MR) is 86.0 cm³/mol. The van der Waals surface area contributed by atoms with E-state index in [2.05, 4.69) is 18.2 Å². The summed E-state index contributed by atoms with van der Waals surface area (Å²) in [5.74, 6) is 0. The van der Waals surface area contributed by atoms with Crippen LogP contribution in [0.1, 0.15) is 15.8 Å². The number of hydrogen-bond donors (Lipinski definition) is 0. The van der Waals surface area contributed by atoms with Crippen LogP contribution in [0.2, 0.25) is 10.0 Å². The third kappa shape index (κ3) is 2.61. The predicted octanol–water partition coefficient (Wildman–Crippen LogP) is 6.54. The number of rotatable bonds is 2. The van der Waals surface area contributed by atoms with Gasteiger partial charge in [-0.15, -0.1) is 22.9 Å². The fourth-order valence-corrected chi connectivity index (χ4v) is 3.67. The molecule has 0 saturated carbocycles. The molecular weight excluding hydrogens is 319 g/mol. The Morgan fingerprint density at radius 2 is 1.68 bits per heavy atom. The minimum atomic E-state index is -0.202. The molecule has 0 bridgehead atoms. The van der Waals surface area contributed by atoms with Crippen molar-refractivity contribution in [2.75, 3.05) is 0 Å². The molecule has 2 aromatic carbocycles. The standard InChI is InChI=1S/C15H9Cl3S/c16-11-6-5-10(7-12(11)17)15(18)14-8-9-3-1-2-4-13(9)19-14/h1-8,15H. The highest BCUT2D eigenvalue weighted by molar-refractivity contribution is 7.19. The van der Waals surface area contributed by atoms with E-state index >= 15 is 0 Å². The lowest BCUT2D eigenvalue weighted by molar-refractivity contribution is 1.19. The zero-order valence-corrected chi connectivity index (χ0v) is 12.8. The Kier molecular flexibility index (Phi) is 3.72. The van der Waals surface area contributed by atoms with E-state index in [1.54, 1.807) is 17.4 Å². The van der Waals surface area contributed by atoms with Gasteiger partial charge in [0.1, 0.15) is 0 Å². The van der Waals surface area contributed by atoms with Crippen molar-refractivity contribution in [3.63, 3.8) is 0 Å². The number of thiophene rings is 1. The number of benzene rings is 2. The zero-order valence-electron chi connectivity index (χ0n) is 9.74. The highest BCUT2D eigenvalue weighted by Crippen LogP contribution is 2.38. The summed E-state index contributed by atoms with van der Waals surface area (Å²) in [4.78, 5) is 1.11. The lowest BCUT2D eigenvalue weighted by atomic mass is 10.1. The Bertz CT molecular complexity index is 700. The molecule has 1 aromatic heterocycles. The molecule has 4 heteroatoms. The number of alkyl halides is 1. The second kappa shape index (κ2) is 5.34. The monoisotopic (exact) mass is 326 g/mol. The topological polar surface area (TPSA) is 0 Å². The summed E-state index contributed by atoms with van der Waals surface area (Å²) in [6.45, 7) is 0. The van der Waals surface area contributed by atoms with E-state index < -0.39 is 0 Å². The molecule has 0 radical (unpaired) electrons. The molecule has 19 heavy (non-hydrogen) atoms. The molecule has 0 N–H and O–H groups in total. The van der Waals surface area contributed by atoms with E-state index in [0.717, 1.165) is 10.4 Å². The quantitative estimate of drug-likeness (QED) is 0.469. The first kappa shape index (κ1) is 13.3. The van der Waals surface area contributed by atoms with Crippen molar-refractivity contribution in [1.82, 2.24) is 0 Å². The van der Waals surface area contributed by atoms with Gasteiger partial charge in [-0.25, -0.2) is 0 Å². The van der Waals surface area contributed by atoms with Crippen molar-refractivity contribution in [2.45, 2.75) is 5.38 Å². The van der Waals surface area contributed by atoms with E-state index in [4.69, 9.17) is 34.8 Å². The van der Waals surface area contributed by atoms with Gasteiger partial charge in [-0.2, -0.15) is 0 Å². The molecule has 96 valence electrons. The van der Waals surface area contributed by atoms with Crippen LogP contribution in [0.25, 0.3) is 10.1 Å². The molecule has 0 nitrogen and oxygen atoms in total. The van der Waals surface area contributed by atoms with Gasteiger partial charge in [-0.3, -0.25) is 0 Å². The molecule has 0 amide bonds. The van der Waals surface area contributed by atoms with Crippen molar-refractivity contribution < 1.29 is 0 Å². The minimum Gasteiger partial charge on any atom is -0.138 e. The van der Waals surface area contributed by atoms with E-state index in [1.165, 1.54) is 10.1 Å². The molecule has 0 aliphatic heterocycles. The van der Waals surface area contributed by atoms with E-state index in [-0.39, 0.29) is 5.38 Å². The van der Waals surface area contributed by atoms with Crippen molar-refractivity contribution in [3.05, 3.63) is 69.0 Å². The zero-order chi connectivity index (χ0) is 13.4. The van der Waals surface area contributed by atoms with Gasteiger partial charge in [-0.05, 0) is 35.2 Å². The largest absolute Gasteiger partial charge is 0.138 e. The van der Waals surface area contributed by atoms with Crippen LogP contribution in [0.4, 0.5) is 0 Å². The molecule has 0 saturated heterocycles. The van der Waals surface area contributed by atoms with Crippen molar-refractivity contribution >= 4 is 56.2 Å². The molecule has 0 spiro atoms. The lowest BCUT2D eigenvalue weighted by Gasteiger charge is -2.08. The van der Waals surface area contributed by atoms with Crippen LogP contribution >= 0.6 is 46.1 Å². The van der Waals surface area contributed by atoms with Crippen LogP contribution in [-0.2, 0) is 0 Å². The number of hydrogen-bond acceptors (Lipinski definition) is 1. The molecule has 0 aliphatic carbocycles. The van der Waals surface area contributed by atoms with Crippen LogP contribution in [-0.4, -0.2) is 0 Å². The molecule has 3 aromatic rings. The molecule has 1 unspecified atom stereocenters. The van der Waals surface area contributed by atoms with Crippen LogP contribution in [0.3, 0.4) is 0 Å². The van der Waals surface area contributed by atoms with Crippen molar-refractivity contribution in [3.8, 4) is 0 Å². The van der Waals surface area contributed by atoms with Gasteiger partial charge in [0.15, 0.2) is 0 Å². The third-order valence-electron chi connectivity index (χ3n) is 2.93. The molecule has 3 rings (SSSR count). The summed E-state index contributed by atoms with van der Waals surface area (Å²) in [5, 5.41) is 2.09. The Morgan fingerprint density at radius 3 is 2.42 bits per heavy atom. The van der Waals surface area contributed by atoms with E-state index in [9.17, 15) is 0 Å². The highest BCUT2D eigenvalue weighted by atomic mass is 35.5. The maximum Gasteiger partial charge on any atom is 0.0928 e. The average molecular weight is 328 g/mol. The van der Waals surface area contributed by atoms with Crippen LogP contribution < -0.4 is 0 Å². The Labute approximate surface area is 130 Å². The van der Waals surface area contributed by atoms with E-state index in [1.807, 2.05) is 24.3 Å². The second-order valence-corrected chi connectivity index (χ2v) is 6.59.